The molecule has 35 heavy (non-hydrogen) atoms. The lowest BCUT2D eigenvalue weighted by Crippen LogP contribution is -2.33. The molecule has 1 fully saturated rings. The molecule has 0 spiro atoms. The standard InChI is InChI=1S/C23H20ClN7O3S/c1-35(33,34)17-12-25-20-18(17)22(27-13-26-20)29-10-5-8-16(29)21-28-30-11-9-15(24)19(30)23(32)31(21)14-6-3-2-4-7-14/h2-4,6-7,9,11-13,16H,5,8,10H2,1H3,(H,25,26,27)/t16-/m0/s1. The number of sulfone groups is 1. The van der Waals surface area contributed by atoms with Crippen molar-refractivity contribution in [3.8, 4) is 5.69 Å². The first-order valence-electron chi connectivity index (χ1n) is 11.0. The van der Waals surface area contributed by atoms with Gasteiger partial charge in [0.05, 0.1) is 27.0 Å². The molecule has 1 atom stereocenters. The maximum absolute atomic E-state index is 13.7. The van der Waals surface area contributed by atoms with Crippen molar-refractivity contribution in [3.05, 3.63) is 76.3 Å². The van der Waals surface area contributed by atoms with Gasteiger partial charge in [0, 0.05) is 25.2 Å². The van der Waals surface area contributed by atoms with E-state index >= 15 is 0 Å². The summed E-state index contributed by atoms with van der Waals surface area (Å²) in [4.78, 5) is 27.5. The normalized spacial score (nSPS) is 16.5. The van der Waals surface area contributed by atoms with Crippen molar-refractivity contribution in [3.63, 3.8) is 0 Å². The Hall–Kier alpha value is -3.70. The van der Waals surface area contributed by atoms with E-state index < -0.39 is 9.84 Å². The third kappa shape index (κ3) is 3.41. The van der Waals surface area contributed by atoms with E-state index in [0.717, 1.165) is 12.7 Å². The Balaban J connectivity index is 1.61. The van der Waals surface area contributed by atoms with Gasteiger partial charge in [-0.15, -0.1) is 0 Å². The van der Waals surface area contributed by atoms with Crippen LogP contribution < -0.4 is 10.5 Å². The van der Waals surface area contributed by atoms with Crippen LogP contribution in [0, 0.1) is 0 Å². The minimum atomic E-state index is -3.53. The van der Waals surface area contributed by atoms with Crippen molar-refractivity contribution < 1.29 is 8.42 Å². The maximum Gasteiger partial charge on any atom is 0.284 e. The van der Waals surface area contributed by atoms with E-state index in [1.807, 2.05) is 35.2 Å². The molecule has 1 N–H and O–H groups in total. The first-order chi connectivity index (χ1) is 16.8. The smallest absolute Gasteiger partial charge is 0.284 e. The molecule has 0 saturated carbocycles. The van der Waals surface area contributed by atoms with E-state index in [4.69, 9.17) is 16.7 Å². The van der Waals surface area contributed by atoms with Crippen LogP contribution in [0.1, 0.15) is 24.7 Å². The van der Waals surface area contributed by atoms with Gasteiger partial charge in [-0.2, -0.15) is 5.10 Å². The van der Waals surface area contributed by atoms with Crippen LogP contribution in [0.3, 0.4) is 0 Å². The second-order valence-electron chi connectivity index (χ2n) is 8.49. The summed E-state index contributed by atoms with van der Waals surface area (Å²) in [6.45, 7) is 0.611. The lowest BCUT2D eigenvalue weighted by molar-refractivity contribution is 0.600. The SMILES string of the molecule is CS(=O)(=O)c1c[nH]c2ncnc(N3CCC[C@H]3c3nn4ccc(Cl)c4c(=O)n3-c3ccccc3)c12. The van der Waals surface area contributed by atoms with Crippen molar-refractivity contribution in [2.75, 3.05) is 17.7 Å². The average molecular weight is 510 g/mol. The fraction of sp³-hybridized carbons (Fsp3) is 0.217. The number of H-pyrrole nitrogens is 1. The van der Waals surface area contributed by atoms with Gasteiger partial charge in [0.25, 0.3) is 5.56 Å². The van der Waals surface area contributed by atoms with Crippen LogP contribution >= 0.6 is 11.6 Å². The van der Waals surface area contributed by atoms with Crippen LogP contribution in [0.5, 0.6) is 0 Å². The molecule has 0 amide bonds. The zero-order valence-corrected chi connectivity index (χ0v) is 20.2. The van der Waals surface area contributed by atoms with Crippen LogP contribution in [0.4, 0.5) is 5.82 Å². The van der Waals surface area contributed by atoms with Crippen LogP contribution in [0.2, 0.25) is 5.02 Å². The molecule has 1 saturated heterocycles. The second kappa shape index (κ2) is 7.92. The fourth-order valence-corrected chi connectivity index (χ4v) is 5.86. The molecular formula is C23H20ClN7O3S. The van der Waals surface area contributed by atoms with E-state index in [2.05, 4.69) is 15.0 Å². The number of benzene rings is 1. The highest BCUT2D eigenvalue weighted by Crippen LogP contribution is 2.39. The summed E-state index contributed by atoms with van der Waals surface area (Å²) >= 11 is 6.32. The first kappa shape index (κ1) is 21.8. The number of rotatable bonds is 4. The highest BCUT2D eigenvalue weighted by atomic mass is 35.5. The minimum absolute atomic E-state index is 0.134. The summed E-state index contributed by atoms with van der Waals surface area (Å²) in [7, 11) is -3.53. The van der Waals surface area contributed by atoms with Gasteiger partial charge in [0.2, 0.25) is 0 Å². The number of para-hydroxylation sites is 1. The monoisotopic (exact) mass is 509 g/mol. The van der Waals surface area contributed by atoms with Crippen molar-refractivity contribution in [1.82, 2.24) is 29.1 Å². The first-order valence-corrected chi connectivity index (χ1v) is 13.3. The topological polar surface area (TPSA) is 118 Å². The van der Waals surface area contributed by atoms with Crippen molar-refractivity contribution in [2.24, 2.45) is 0 Å². The number of aromatic nitrogens is 6. The van der Waals surface area contributed by atoms with Crippen molar-refractivity contribution in [2.45, 2.75) is 23.8 Å². The number of halogens is 1. The molecule has 178 valence electrons. The van der Waals surface area contributed by atoms with Gasteiger partial charge in [-0.25, -0.2) is 22.9 Å². The predicted octanol–water partition coefficient (Wildman–Crippen LogP) is 3.15. The molecular weight excluding hydrogens is 490 g/mol. The van der Waals surface area contributed by atoms with Gasteiger partial charge in [-0.05, 0) is 31.0 Å². The molecule has 1 aromatic carbocycles. The Morgan fingerprint density at radius 1 is 1.14 bits per heavy atom. The van der Waals surface area contributed by atoms with E-state index in [1.54, 1.807) is 16.8 Å². The highest BCUT2D eigenvalue weighted by Gasteiger charge is 2.34. The Labute approximate surface area is 204 Å². The molecule has 1 aliphatic heterocycles. The third-order valence-electron chi connectivity index (χ3n) is 6.31. The number of fused-ring (bicyclic) bond motifs is 2. The third-order valence-corrected chi connectivity index (χ3v) is 7.74. The Morgan fingerprint density at radius 2 is 1.94 bits per heavy atom. The number of anilines is 1. The van der Waals surface area contributed by atoms with E-state index in [0.29, 0.717) is 51.9 Å². The van der Waals surface area contributed by atoms with Gasteiger partial charge >= 0.3 is 0 Å². The Kier molecular flexibility index (Phi) is 4.94. The van der Waals surface area contributed by atoms with E-state index in [9.17, 15) is 13.2 Å². The van der Waals surface area contributed by atoms with E-state index in [-0.39, 0.29) is 16.5 Å². The molecule has 0 aliphatic carbocycles. The second-order valence-corrected chi connectivity index (χ2v) is 10.9. The van der Waals surface area contributed by atoms with Crippen LogP contribution in [-0.4, -0.2) is 50.4 Å². The molecule has 6 rings (SSSR count). The number of hydrogen-bond donors (Lipinski definition) is 1. The molecule has 12 heteroatoms. The van der Waals surface area contributed by atoms with Gasteiger partial charge < -0.3 is 9.88 Å². The van der Waals surface area contributed by atoms with Gasteiger partial charge in [-0.3, -0.25) is 9.36 Å². The summed E-state index contributed by atoms with van der Waals surface area (Å²) in [5.41, 5.74) is 1.10. The predicted molar refractivity (Wildman–Crippen MR) is 132 cm³/mol. The van der Waals surface area contributed by atoms with Crippen molar-refractivity contribution >= 4 is 43.8 Å². The molecule has 1 aliphatic rings. The lowest BCUT2D eigenvalue weighted by Gasteiger charge is -2.27. The van der Waals surface area contributed by atoms with Gasteiger partial charge in [0.1, 0.15) is 23.3 Å². The molecule has 5 aromatic rings. The summed E-state index contributed by atoms with van der Waals surface area (Å²) in [6.07, 6.45) is 7.17. The quantitative estimate of drug-likeness (QED) is 0.395. The zero-order chi connectivity index (χ0) is 24.3. The van der Waals surface area contributed by atoms with Gasteiger partial charge in [-0.1, -0.05) is 29.8 Å². The minimum Gasteiger partial charge on any atom is -0.346 e. The summed E-state index contributed by atoms with van der Waals surface area (Å²) in [5, 5.41) is 5.57. The number of hydrogen-bond acceptors (Lipinski definition) is 7. The Bertz CT molecular complexity index is 1760. The number of nitrogens with one attached hydrogen (secondary N) is 1. The maximum atomic E-state index is 13.7. The lowest BCUT2D eigenvalue weighted by atomic mass is 10.2. The number of nitrogens with zero attached hydrogens (tertiary/aromatic N) is 6. The molecule has 0 bridgehead atoms. The summed E-state index contributed by atoms with van der Waals surface area (Å²) < 4.78 is 28.1. The molecule has 0 unspecified atom stereocenters. The zero-order valence-electron chi connectivity index (χ0n) is 18.6. The summed E-state index contributed by atoms with van der Waals surface area (Å²) in [6, 6.07) is 10.6. The van der Waals surface area contributed by atoms with E-state index in [1.165, 1.54) is 17.0 Å². The number of aromatic amines is 1. The molecule has 4 aromatic heterocycles. The average Bonchev–Trinajstić information content (AvgIpc) is 3.57. The molecule has 5 heterocycles. The highest BCUT2D eigenvalue weighted by molar-refractivity contribution is 7.91. The molecule has 0 radical (unpaired) electrons. The van der Waals surface area contributed by atoms with Crippen LogP contribution in [-0.2, 0) is 9.84 Å². The van der Waals surface area contributed by atoms with Crippen LogP contribution in [0.25, 0.3) is 22.2 Å². The van der Waals surface area contributed by atoms with Crippen LogP contribution in [0.15, 0.2) is 64.8 Å². The largest absolute Gasteiger partial charge is 0.346 e. The molecule has 10 nitrogen and oxygen atoms in total. The van der Waals surface area contributed by atoms with Crippen molar-refractivity contribution in [1.29, 1.82) is 0 Å². The summed E-state index contributed by atoms with van der Waals surface area (Å²) in [5.74, 6) is 1.00. The fourth-order valence-electron chi connectivity index (χ4n) is 4.81. The Morgan fingerprint density at radius 3 is 2.71 bits per heavy atom. The van der Waals surface area contributed by atoms with Gasteiger partial charge in [0.15, 0.2) is 15.7 Å².